The minimum Gasteiger partial charge on any atom is -0.457 e. The molecule has 3 heteroatoms. The van der Waals surface area contributed by atoms with Crippen molar-refractivity contribution in [2.75, 3.05) is 0 Å². The zero-order chi connectivity index (χ0) is 31.5. The third kappa shape index (κ3) is 4.42. The van der Waals surface area contributed by atoms with Crippen molar-refractivity contribution in [3.05, 3.63) is 174 Å². The first-order chi connectivity index (χ1) is 23.1. The highest BCUT2D eigenvalue weighted by Crippen LogP contribution is 2.54. The number of fused-ring (bicyclic) bond motifs is 5. The molecule has 3 heterocycles. The van der Waals surface area contributed by atoms with Crippen LogP contribution in [0.1, 0.15) is 29.2 Å². The largest absolute Gasteiger partial charge is 0.457 e. The van der Waals surface area contributed by atoms with Crippen molar-refractivity contribution in [1.29, 1.82) is 0 Å². The van der Waals surface area contributed by atoms with Crippen molar-refractivity contribution < 1.29 is 4.74 Å². The minimum absolute atomic E-state index is 0.476. The van der Waals surface area contributed by atoms with Gasteiger partial charge in [0, 0.05) is 48.5 Å². The number of benzene rings is 6. The number of nitrogens with zero attached hydrogens (tertiary/aromatic N) is 1. The lowest BCUT2D eigenvalue weighted by atomic mass is 9.68. The first kappa shape index (κ1) is 27.8. The van der Waals surface area contributed by atoms with Crippen molar-refractivity contribution in [2.24, 2.45) is 0 Å². The second-order valence-corrected chi connectivity index (χ2v) is 13.6. The fraction of sp³-hybridized carbons (Fsp3) is 0.0682. The van der Waals surface area contributed by atoms with E-state index >= 15 is 0 Å². The normalized spacial score (nSPS) is 13.2. The fourth-order valence-corrected chi connectivity index (χ4v) is 8.48. The molecule has 0 aliphatic carbocycles. The highest BCUT2D eigenvalue weighted by atomic mass is 32.1. The Hall–Kier alpha value is -5.51. The van der Waals surface area contributed by atoms with Crippen LogP contribution in [0.2, 0.25) is 0 Å². The number of rotatable bonds is 4. The van der Waals surface area contributed by atoms with E-state index in [0.717, 1.165) is 17.2 Å². The lowest BCUT2D eigenvalue weighted by molar-refractivity contribution is 0.427. The molecular formula is C44H31NOS. The molecule has 6 aromatic carbocycles. The van der Waals surface area contributed by atoms with Crippen LogP contribution in [0.5, 0.6) is 11.5 Å². The molecule has 0 saturated heterocycles. The van der Waals surface area contributed by atoms with Crippen LogP contribution in [0, 0.1) is 6.92 Å². The van der Waals surface area contributed by atoms with E-state index < -0.39 is 5.41 Å². The Morgan fingerprint density at radius 3 is 1.87 bits per heavy atom. The van der Waals surface area contributed by atoms with Crippen molar-refractivity contribution in [3.8, 4) is 45.0 Å². The van der Waals surface area contributed by atoms with Crippen LogP contribution < -0.4 is 4.74 Å². The second kappa shape index (κ2) is 10.8. The molecule has 0 amide bonds. The summed E-state index contributed by atoms with van der Waals surface area (Å²) in [5.74, 6) is 1.80. The summed E-state index contributed by atoms with van der Waals surface area (Å²) >= 11 is 1.85. The molecule has 1 aliphatic rings. The third-order valence-electron chi connectivity index (χ3n) is 9.81. The van der Waals surface area contributed by atoms with E-state index in [1.54, 1.807) is 0 Å². The summed E-state index contributed by atoms with van der Waals surface area (Å²) in [7, 11) is 0. The summed E-state index contributed by atoms with van der Waals surface area (Å²) in [6, 6.07) is 52.4. The topological polar surface area (TPSA) is 22.1 Å². The Kier molecular flexibility index (Phi) is 6.38. The van der Waals surface area contributed by atoms with E-state index in [1.165, 1.54) is 70.2 Å². The number of aryl methyl sites for hydroxylation is 1. The molecule has 47 heavy (non-hydrogen) atoms. The lowest BCUT2D eigenvalue weighted by Gasteiger charge is -2.39. The van der Waals surface area contributed by atoms with Crippen LogP contribution in [-0.4, -0.2) is 4.98 Å². The van der Waals surface area contributed by atoms with Crippen LogP contribution in [0.25, 0.3) is 53.7 Å². The predicted molar refractivity (Wildman–Crippen MR) is 197 cm³/mol. The Bertz CT molecular complexity index is 2370. The van der Waals surface area contributed by atoms with E-state index in [0.29, 0.717) is 0 Å². The van der Waals surface area contributed by atoms with E-state index in [1.807, 2.05) is 23.6 Å². The number of aromatic nitrogens is 1. The van der Waals surface area contributed by atoms with Gasteiger partial charge in [0.2, 0.25) is 0 Å². The highest BCUT2D eigenvalue weighted by Gasteiger charge is 2.40. The van der Waals surface area contributed by atoms with Gasteiger partial charge in [0.15, 0.2) is 0 Å². The zero-order valence-corrected chi connectivity index (χ0v) is 27.0. The van der Waals surface area contributed by atoms with Crippen LogP contribution >= 0.6 is 11.3 Å². The van der Waals surface area contributed by atoms with Gasteiger partial charge in [-0.05, 0) is 89.7 Å². The molecule has 2 aromatic heterocycles. The Labute approximate surface area is 278 Å². The number of thiophene rings is 1. The lowest BCUT2D eigenvalue weighted by Crippen LogP contribution is -2.29. The number of pyridine rings is 1. The molecule has 2 nitrogen and oxygen atoms in total. The zero-order valence-electron chi connectivity index (χ0n) is 26.2. The average molecular weight is 622 g/mol. The van der Waals surface area contributed by atoms with Gasteiger partial charge >= 0.3 is 0 Å². The molecule has 224 valence electrons. The number of hydrogen-bond acceptors (Lipinski definition) is 3. The summed E-state index contributed by atoms with van der Waals surface area (Å²) < 4.78 is 9.24. The fourth-order valence-electron chi connectivity index (χ4n) is 7.28. The maximum Gasteiger partial charge on any atom is 0.131 e. The molecule has 0 bridgehead atoms. The number of hydrogen-bond donors (Lipinski definition) is 0. The van der Waals surface area contributed by atoms with Crippen LogP contribution in [0.15, 0.2) is 152 Å². The average Bonchev–Trinajstić information content (AvgIpc) is 3.51. The number of ether oxygens (including phenoxy) is 1. The molecule has 0 unspecified atom stereocenters. The van der Waals surface area contributed by atoms with Crippen molar-refractivity contribution in [2.45, 2.75) is 19.3 Å². The van der Waals surface area contributed by atoms with Gasteiger partial charge in [-0.3, -0.25) is 4.98 Å². The summed E-state index contributed by atoms with van der Waals surface area (Å²) in [6.45, 7) is 4.51. The SMILES string of the molecule is Cc1cccnc1-c1cccc2c1sc1ccc(C3(C)c4cc(-c5ccccc5)ccc4Oc4ccc(-c5ccccc5)cc43)cc12. The maximum atomic E-state index is 6.69. The molecule has 0 saturated carbocycles. The predicted octanol–water partition coefficient (Wildman–Crippen LogP) is 12.2. The highest BCUT2D eigenvalue weighted by molar-refractivity contribution is 7.26. The van der Waals surface area contributed by atoms with Crippen LogP contribution in [0.3, 0.4) is 0 Å². The molecular weight excluding hydrogens is 591 g/mol. The Morgan fingerprint density at radius 1 is 0.574 bits per heavy atom. The summed E-state index contributed by atoms with van der Waals surface area (Å²) in [6.07, 6.45) is 1.89. The van der Waals surface area contributed by atoms with Gasteiger partial charge in [-0.25, -0.2) is 0 Å². The molecule has 0 atom stereocenters. The van der Waals surface area contributed by atoms with Gasteiger partial charge in [0.05, 0.1) is 5.69 Å². The van der Waals surface area contributed by atoms with Gasteiger partial charge in [0.25, 0.3) is 0 Å². The summed E-state index contributed by atoms with van der Waals surface area (Å²) in [4.78, 5) is 4.78. The molecule has 0 N–H and O–H groups in total. The molecule has 1 aliphatic heterocycles. The monoisotopic (exact) mass is 621 g/mol. The Morgan fingerprint density at radius 2 is 1.23 bits per heavy atom. The van der Waals surface area contributed by atoms with Crippen molar-refractivity contribution in [3.63, 3.8) is 0 Å². The third-order valence-corrected chi connectivity index (χ3v) is 11.0. The summed E-state index contributed by atoms with van der Waals surface area (Å²) in [5, 5.41) is 2.54. The maximum absolute atomic E-state index is 6.69. The molecule has 0 radical (unpaired) electrons. The van der Waals surface area contributed by atoms with Gasteiger partial charge in [0.1, 0.15) is 11.5 Å². The van der Waals surface area contributed by atoms with E-state index in [4.69, 9.17) is 9.72 Å². The molecule has 0 spiro atoms. The molecule has 0 fully saturated rings. The van der Waals surface area contributed by atoms with E-state index in [-0.39, 0.29) is 0 Å². The van der Waals surface area contributed by atoms with Crippen LogP contribution in [0.4, 0.5) is 0 Å². The summed E-state index contributed by atoms with van der Waals surface area (Å²) in [5.41, 5.74) is 11.3. The van der Waals surface area contributed by atoms with Crippen molar-refractivity contribution >= 4 is 31.5 Å². The quantitative estimate of drug-likeness (QED) is 0.195. The van der Waals surface area contributed by atoms with Crippen molar-refractivity contribution in [1.82, 2.24) is 4.98 Å². The van der Waals surface area contributed by atoms with Crippen LogP contribution in [-0.2, 0) is 5.41 Å². The first-order valence-electron chi connectivity index (χ1n) is 16.0. The van der Waals surface area contributed by atoms with Gasteiger partial charge in [-0.2, -0.15) is 0 Å². The van der Waals surface area contributed by atoms with Gasteiger partial charge < -0.3 is 4.74 Å². The minimum atomic E-state index is -0.476. The van der Waals surface area contributed by atoms with Gasteiger partial charge in [-0.15, -0.1) is 11.3 Å². The molecule has 9 rings (SSSR count). The second-order valence-electron chi connectivity index (χ2n) is 12.5. The standard InChI is InChI=1S/C44H31NOS/c1-28-11-10-24-45-42(28)35-17-9-16-34-36-27-33(20-23-41(36)47-43(34)35)44(2)37-25-31(29-12-5-3-6-13-29)18-21-39(37)46-40-22-19-32(26-38(40)44)30-14-7-4-8-15-30/h3-27H,1-2H3. The van der Waals surface area contributed by atoms with E-state index in [9.17, 15) is 0 Å². The Balaban J connectivity index is 1.29. The smallest absolute Gasteiger partial charge is 0.131 e. The van der Waals surface area contributed by atoms with E-state index in [2.05, 4.69) is 153 Å². The van der Waals surface area contributed by atoms with Gasteiger partial charge in [-0.1, -0.05) is 103 Å². The molecule has 8 aromatic rings. The first-order valence-corrected chi connectivity index (χ1v) is 16.8.